The molecule has 112 valence electrons. The number of aromatic nitrogens is 3. The fourth-order valence-electron chi connectivity index (χ4n) is 1.88. The van der Waals surface area contributed by atoms with Gasteiger partial charge in [-0.25, -0.2) is 0 Å². The highest BCUT2D eigenvalue weighted by Crippen LogP contribution is 2.17. The van der Waals surface area contributed by atoms with Crippen molar-refractivity contribution in [2.75, 3.05) is 26.2 Å². The number of anilines is 1. The average Bonchev–Trinajstić information content (AvgIpc) is 2.54. The van der Waals surface area contributed by atoms with E-state index in [1.165, 1.54) is 14.2 Å². The minimum atomic E-state index is 0.222. The van der Waals surface area contributed by atoms with Crippen molar-refractivity contribution < 1.29 is 9.47 Å². The van der Waals surface area contributed by atoms with Gasteiger partial charge in [0.1, 0.15) is 0 Å². The molecule has 1 aromatic heterocycles. The lowest BCUT2D eigenvalue weighted by molar-refractivity contribution is 0.340. The molecule has 0 spiro atoms. The number of nitrogens with two attached hydrogens (primary N) is 1. The molecule has 2 N–H and O–H groups in total. The van der Waals surface area contributed by atoms with Crippen LogP contribution in [0.25, 0.3) is 0 Å². The second-order valence-corrected chi connectivity index (χ2v) is 4.49. The highest BCUT2D eigenvalue weighted by Gasteiger charge is 2.11. The Balaban J connectivity index is 2.20. The van der Waals surface area contributed by atoms with E-state index >= 15 is 0 Å². The van der Waals surface area contributed by atoms with Gasteiger partial charge in [-0.1, -0.05) is 24.3 Å². The second kappa shape index (κ2) is 6.85. The van der Waals surface area contributed by atoms with Crippen molar-refractivity contribution in [3.8, 4) is 12.0 Å². The van der Waals surface area contributed by atoms with Crippen molar-refractivity contribution in [1.82, 2.24) is 15.0 Å². The molecule has 0 unspecified atom stereocenters. The number of rotatable bonds is 6. The van der Waals surface area contributed by atoms with Crippen LogP contribution in [-0.2, 0) is 13.1 Å². The first-order chi connectivity index (χ1) is 10.2. The highest BCUT2D eigenvalue weighted by atomic mass is 16.5. The minimum absolute atomic E-state index is 0.222. The fourth-order valence-corrected chi connectivity index (χ4v) is 1.88. The van der Waals surface area contributed by atoms with Crippen LogP contribution < -0.4 is 20.1 Å². The van der Waals surface area contributed by atoms with Gasteiger partial charge in [-0.2, -0.15) is 9.97 Å². The van der Waals surface area contributed by atoms with Crippen LogP contribution in [0.3, 0.4) is 0 Å². The quantitative estimate of drug-likeness (QED) is 0.848. The monoisotopic (exact) mass is 289 g/mol. The minimum Gasteiger partial charge on any atom is -0.467 e. The normalized spacial score (nSPS) is 10.3. The summed E-state index contributed by atoms with van der Waals surface area (Å²) in [6.45, 7) is 1.16. The molecule has 21 heavy (non-hydrogen) atoms. The maximum Gasteiger partial charge on any atom is 0.324 e. The Hall–Kier alpha value is -2.41. The molecule has 1 aromatic carbocycles. The number of methoxy groups -OCH3 is 2. The number of nitrogens with zero attached hydrogens (tertiary/aromatic N) is 4. The van der Waals surface area contributed by atoms with Gasteiger partial charge in [-0.15, -0.1) is 4.98 Å². The van der Waals surface area contributed by atoms with Crippen molar-refractivity contribution in [3.63, 3.8) is 0 Å². The molecule has 0 atom stereocenters. The molecule has 0 bridgehead atoms. The largest absolute Gasteiger partial charge is 0.467 e. The van der Waals surface area contributed by atoms with Gasteiger partial charge >= 0.3 is 12.0 Å². The molecule has 7 nitrogen and oxygen atoms in total. The summed E-state index contributed by atoms with van der Waals surface area (Å²) >= 11 is 0. The van der Waals surface area contributed by atoms with Gasteiger partial charge in [0, 0.05) is 20.1 Å². The first-order valence-electron chi connectivity index (χ1n) is 6.49. The molecule has 0 radical (unpaired) electrons. The van der Waals surface area contributed by atoms with Crippen molar-refractivity contribution in [3.05, 3.63) is 35.4 Å². The van der Waals surface area contributed by atoms with Gasteiger partial charge in [0.15, 0.2) is 0 Å². The van der Waals surface area contributed by atoms with Crippen molar-refractivity contribution in [1.29, 1.82) is 0 Å². The molecule has 0 fully saturated rings. The van der Waals surface area contributed by atoms with E-state index in [4.69, 9.17) is 15.2 Å². The number of ether oxygens (including phenoxy) is 2. The predicted octanol–water partition coefficient (Wildman–Crippen LogP) is 0.984. The molecular weight excluding hydrogens is 270 g/mol. The molecule has 0 aliphatic rings. The molecule has 0 aliphatic carbocycles. The van der Waals surface area contributed by atoms with Crippen LogP contribution in [-0.4, -0.2) is 36.2 Å². The topological polar surface area (TPSA) is 86.4 Å². The molecule has 2 aromatic rings. The summed E-state index contributed by atoms with van der Waals surface area (Å²) in [4.78, 5) is 14.3. The second-order valence-electron chi connectivity index (χ2n) is 4.49. The number of benzene rings is 1. The Kier molecular flexibility index (Phi) is 4.89. The Morgan fingerprint density at radius 2 is 1.67 bits per heavy atom. The van der Waals surface area contributed by atoms with Crippen LogP contribution in [0, 0.1) is 0 Å². The third kappa shape index (κ3) is 3.79. The zero-order chi connectivity index (χ0) is 15.2. The van der Waals surface area contributed by atoms with E-state index in [1.54, 1.807) is 0 Å². The zero-order valence-corrected chi connectivity index (χ0v) is 12.4. The summed E-state index contributed by atoms with van der Waals surface area (Å²) in [5.74, 6) is 0.483. The van der Waals surface area contributed by atoms with Gasteiger partial charge < -0.3 is 20.1 Å². The number of hydrogen-bond acceptors (Lipinski definition) is 7. The van der Waals surface area contributed by atoms with E-state index in [2.05, 4.69) is 21.0 Å². The van der Waals surface area contributed by atoms with Gasteiger partial charge in [-0.05, 0) is 11.1 Å². The Morgan fingerprint density at radius 1 is 1.05 bits per heavy atom. The Bertz CT molecular complexity index is 583. The number of hydrogen-bond donors (Lipinski definition) is 1. The molecule has 1 heterocycles. The van der Waals surface area contributed by atoms with Crippen LogP contribution in [0.15, 0.2) is 24.3 Å². The van der Waals surface area contributed by atoms with E-state index < -0.39 is 0 Å². The average molecular weight is 289 g/mol. The Morgan fingerprint density at radius 3 is 2.24 bits per heavy atom. The lowest BCUT2D eigenvalue weighted by atomic mass is 10.1. The molecule has 0 aliphatic heterocycles. The van der Waals surface area contributed by atoms with Crippen LogP contribution in [0.2, 0.25) is 0 Å². The van der Waals surface area contributed by atoms with Crippen molar-refractivity contribution >= 4 is 5.95 Å². The Labute approximate surface area is 123 Å². The third-order valence-electron chi connectivity index (χ3n) is 2.94. The smallest absolute Gasteiger partial charge is 0.324 e. The molecule has 2 rings (SSSR count). The van der Waals surface area contributed by atoms with Gasteiger partial charge in [0.2, 0.25) is 5.95 Å². The summed E-state index contributed by atoms with van der Waals surface area (Å²) in [7, 11) is 4.90. The summed E-state index contributed by atoms with van der Waals surface area (Å²) in [6.07, 6.45) is 0. The van der Waals surface area contributed by atoms with E-state index in [-0.39, 0.29) is 12.0 Å². The first kappa shape index (κ1) is 15.0. The van der Waals surface area contributed by atoms with Crippen molar-refractivity contribution in [2.24, 2.45) is 5.73 Å². The van der Waals surface area contributed by atoms with Crippen LogP contribution in [0.5, 0.6) is 12.0 Å². The lowest BCUT2D eigenvalue weighted by Gasteiger charge is -2.18. The standard InChI is InChI=1S/C14H19N5O2/c1-19(9-11-6-4-5-10(7-11)8-15)12-16-13(20-2)18-14(17-12)21-3/h4-7H,8-9,15H2,1-3H3. The lowest BCUT2D eigenvalue weighted by Crippen LogP contribution is -2.20. The molecule has 0 saturated heterocycles. The molecule has 7 heteroatoms. The maximum atomic E-state index is 5.66. The first-order valence-corrected chi connectivity index (χ1v) is 6.49. The summed E-state index contributed by atoms with van der Waals surface area (Å²) < 4.78 is 10.1. The van der Waals surface area contributed by atoms with E-state index in [0.29, 0.717) is 19.0 Å². The van der Waals surface area contributed by atoms with E-state index in [0.717, 1.165) is 11.1 Å². The van der Waals surface area contributed by atoms with Crippen molar-refractivity contribution in [2.45, 2.75) is 13.1 Å². The maximum absolute atomic E-state index is 5.66. The highest BCUT2D eigenvalue weighted by molar-refractivity contribution is 5.34. The van der Waals surface area contributed by atoms with Gasteiger partial charge in [0.25, 0.3) is 0 Å². The SMILES string of the molecule is COc1nc(OC)nc(N(C)Cc2cccc(CN)c2)n1. The van der Waals surface area contributed by atoms with Crippen LogP contribution >= 0.6 is 0 Å². The molecule has 0 saturated carbocycles. The van der Waals surface area contributed by atoms with Crippen LogP contribution in [0.4, 0.5) is 5.95 Å². The van der Waals surface area contributed by atoms with Gasteiger partial charge in [-0.3, -0.25) is 0 Å². The fraction of sp³-hybridized carbons (Fsp3) is 0.357. The summed E-state index contributed by atoms with van der Waals surface area (Å²) in [5.41, 5.74) is 7.87. The molecular formula is C14H19N5O2. The van der Waals surface area contributed by atoms with Gasteiger partial charge in [0.05, 0.1) is 14.2 Å². The third-order valence-corrected chi connectivity index (χ3v) is 2.94. The molecule has 0 amide bonds. The van der Waals surface area contributed by atoms with Crippen LogP contribution in [0.1, 0.15) is 11.1 Å². The van der Waals surface area contributed by atoms with E-state index in [9.17, 15) is 0 Å². The van der Waals surface area contributed by atoms with E-state index in [1.807, 2.05) is 30.1 Å². The zero-order valence-electron chi connectivity index (χ0n) is 12.4. The summed E-state index contributed by atoms with van der Waals surface area (Å²) in [5, 5.41) is 0. The summed E-state index contributed by atoms with van der Waals surface area (Å²) in [6, 6.07) is 8.52. The predicted molar refractivity (Wildman–Crippen MR) is 79.4 cm³/mol.